The number of benzene rings is 1. The molecule has 0 saturated carbocycles. The van der Waals surface area contributed by atoms with E-state index in [0.717, 1.165) is 19.0 Å². The lowest BCUT2D eigenvalue weighted by Crippen LogP contribution is -2.32. The first-order valence-electron chi connectivity index (χ1n) is 6.92. The second-order valence-corrected chi connectivity index (χ2v) is 4.57. The highest BCUT2D eigenvalue weighted by molar-refractivity contribution is 5.20. The molecule has 1 aromatic rings. The number of methoxy groups -OCH3 is 1. The van der Waals surface area contributed by atoms with Crippen molar-refractivity contribution in [2.45, 2.75) is 25.8 Å². The summed E-state index contributed by atoms with van der Waals surface area (Å²) in [5.74, 6) is -1.55. The second-order valence-electron chi connectivity index (χ2n) is 4.57. The molecule has 1 unspecified atom stereocenters. The van der Waals surface area contributed by atoms with Crippen molar-refractivity contribution in [1.82, 2.24) is 5.32 Å². The van der Waals surface area contributed by atoms with Gasteiger partial charge in [0, 0.05) is 19.8 Å². The summed E-state index contributed by atoms with van der Waals surface area (Å²) in [4.78, 5) is 0. The van der Waals surface area contributed by atoms with Gasteiger partial charge in [-0.25, -0.2) is 8.78 Å². The first kappa shape index (κ1) is 17.0. The molecule has 1 atom stereocenters. The summed E-state index contributed by atoms with van der Waals surface area (Å²) < 4.78 is 37.1. The van der Waals surface area contributed by atoms with Gasteiger partial charge in [0.2, 0.25) is 0 Å². The van der Waals surface area contributed by atoms with E-state index in [4.69, 9.17) is 9.47 Å². The van der Waals surface area contributed by atoms with Gasteiger partial charge in [0.25, 0.3) is 0 Å². The zero-order chi connectivity index (χ0) is 14.8. The summed E-state index contributed by atoms with van der Waals surface area (Å²) in [7, 11) is 1.62. The van der Waals surface area contributed by atoms with Crippen molar-refractivity contribution in [3.05, 3.63) is 35.4 Å². The van der Waals surface area contributed by atoms with Crippen molar-refractivity contribution >= 4 is 0 Å². The summed E-state index contributed by atoms with van der Waals surface area (Å²) in [6, 6.07) is 4.36. The zero-order valence-electron chi connectivity index (χ0n) is 12.1. The summed E-state index contributed by atoms with van der Waals surface area (Å²) in [5, 5.41) is 3.27. The molecule has 5 heteroatoms. The van der Waals surface area contributed by atoms with Gasteiger partial charge in [0.05, 0.1) is 13.2 Å². The Labute approximate surface area is 119 Å². The molecular weight excluding hydrogens is 264 g/mol. The number of likely N-dealkylation sites (N-methyl/N-ethyl adjacent to an activating group) is 1. The van der Waals surface area contributed by atoms with E-state index in [1.807, 2.05) is 6.92 Å². The van der Waals surface area contributed by atoms with Crippen LogP contribution in [0.4, 0.5) is 8.78 Å². The third kappa shape index (κ3) is 5.94. The maximum absolute atomic E-state index is 13.6. The first-order valence-corrected chi connectivity index (χ1v) is 6.92. The van der Waals surface area contributed by atoms with Gasteiger partial charge in [-0.2, -0.15) is 0 Å². The third-order valence-electron chi connectivity index (χ3n) is 3.03. The number of hydrogen-bond acceptors (Lipinski definition) is 3. The van der Waals surface area contributed by atoms with Crippen molar-refractivity contribution in [3.8, 4) is 0 Å². The van der Waals surface area contributed by atoms with Crippen molar-refractivity contribution in [1.29, 1.82) is 0 Å². The Kier molecular flexibility index (Phi) is 8.34. The van der Waals surface area contributed by atoms with Gasteiger partial charge in [-0.05, 0) is 31.0 Å². The first-order chi connectivity index (χ1) is 9.69. The average molecular weight is 287 g/mol. The Morgan fingerprint density at radius 2 is 2.00 bits per heavy atom. The van der Waals surface area contributed by atoms with Gasteiger partial charge in [-0.15, -0.1) is 0 Å². The SMILES string of the molecule is CCNC(CCOCCOC)Cc1cccc(F)c1F. The normalized spacial score (nSPS) is 12.6. The fourth-order valence-corrected chi connectivity index (χ4v) is 2.01. The van der Waals surface area contributed by atoms with E-state index in [0.29, 0.717) is 31.8 Å². The molecule has 0 spiro atoms. The molecule has 0 aliphatic rings. The van der Waals surface area contributed by atoms with E-state index in [2.05, 4.69) is 5.32 Å². The van der Waals surface area contributed by atoms with Gasteiger partial charge in [0.1, 0.15) is 0 Å². The molecule has 0 bridgehead atoms. The number of rotatable bonds is 10. The number of nitrogens with one attached hydrogen (secondary N) is 1. The average Bonchev–Trinajstić information content (AvgIpc) is 2.43. The molecule has 3 nitrogen and oxygen atoms in total. The van der Waals surface area contributed by atoms with Crippen LogP contribution in [0.2, 0.25) is 0 Å². The van der Waals surface area contributed by atoms with Crippen molar-refractivity contribution in [2.75, 3.05) is 33.5 Å². The lowest BCUT2D eigenvalue weighted by Gasteiger charge is -2.18. The highest BCUT2D eigenvalue weighted by Crippen LogP contribution is 2.14. The van der Waals surface area contributed by atoms with Gasteiger partial charge < -0.3 is 14.8 Å². The molecule has 1 aromatic carbocycles. The van der Waals surface area contributed by atoms with Crippen LogP contribution >= 0.6 is 0 Å². The molecule has 0 aliphatic carbocycles. The largest absolute Gasteiger partial charge is 0.382 e. The minimum atomic E-state index is -0.797. The summed E-state index contributed by atoms with van der Waals surface area (Å²) in [6.45, 7) is 4.44. The summed E-state index contributed by atoms with van der Waals surface area (Å²) >= 11 is 0. The van der Waals surface area contributed by atoms with Crippen LogP contribution in [0.3, 0.4) is 0 Å². The molecule has 1 rings (SSSR count). The van der Waals surface area contributed by atoms with Gasteiger partial charge in [-0.3, -0.25) is 0 Å². The van der Waals surface area contributed by atoms with Crippen molar-refractivity contribution < 1.29 is 18.3 Å². The predicted octanol–water partition coefficient (Wildman–Crippen LogP) is 2.54. The Morgan fingerprint density at radius 3 is 2.70 bits per heavy atom. The van der Waals surface area contributed by atoms with Gasteiger partial charge >= 0.3 is 0 Å². The van der Waals surface area contributed by atoms with Crippen LogP contribution in [0.5, 0.6) is 0 Å². The number of halogens is 2. The molecule has 114 valence electrons. The highest BCUT2D eigenvalue weighted by Gasteiger charge is 2.13. The lowest BCUT2D eigenvalue weighted by molar-refractivity contribution is 0.0658. The van der Waals surface area contributed by atoms with Crippen LogP contribution < -0.4 is 5.32 Å². The van der Waals surface area contributed by atoms with Crippen LogP contribution in [0.1, 0.15) is 18.9 Å². The Morgan fingerprint density at radius 1 is 1.20 bits per heavy atom. The Hall–Kier alpha value is -1.04. The second kappa shape index (κ2) is 9.80. The number of ether oxygens (including phenoxy) is 2. The maximum Gasteiger partial charge on any atom is 0.162 e. The minimum Gasteiger partial charge on any atom is -0.382 e. The maximum atomic E-state index is 13.6. The van der Waals surface area contributed by atoms with Crippen LogP contribution in [0.25, 0.3) is 0 Å². The van der Waals surface area contributed by atoms with Crippen LogP contribution in [-0.4, -0.2) is 39.5 Å². The third-order valence-corrected chi connectivity index (χ3v) is 3.03. The Balaban J connectivity index is 2.47. The lowest BCUT2D eigenvalue weighted by atomic mass is 10.0. The molecule has 0 radical (unpaired) electrons. The highest BCUT2D eigenvalue weighted by atomic mass is 19.2. The molecule has 20 heavy (non-hydrogen) atoms. The molecule has 0 amide bonds. The van der Waals surface area contributed by atoms with Crippen LogP contribution in [0.15, 0.2) is 18.2 Å². The molecule has 0 heterocycles. The molecule has 0 saturated heterocycles. The fourth-order valence-electron chi connectivity index (χ4n) is 2.01. The summed E-state index contributed by atoms with van der Waals surface area (Å²) in [6.07, 6.45) is 1.19. The van der Waals surface area contributed by atoms with E-state index in [1.54, 1.807) is 13.2 Å². The van der Waals surface area contributed by atoms with E-state index in [9.17, 15) is 8.78 Å². The smallest absolute Gasteiger partial charge is 0.162 e. The van der Waals surface area contributed by atoms with Gasteiger partial charge in [-0.1, -0.05) is 19.1 Å². The molecule has 0 aromatic heterocycles. The summed E-state index contributed by atoms with van der Waals surface area (Å²) in [5.41, 5.74) is 0.396. The molecule has 0 fully saturated rings. The fraction of sp³-hybridized carbons (Fsp3) is 0.600. The molecule has 1 N–H and O–H groups in total. The number of hydrogen-bond donors (Lipinski definition) is 1. The van der Waals surface area contributed by atoms with Crippen LogP contribution in [-0.2, 0) is 15.9 Å². The van der Waals surface area contributed by atoms with E-state index < -0.39 is 11.6 Å². The molecular formula is C15H23F2NO2. The van der Waals surface area contributed by atoms with E-state index >= 15 is 0 Å². The topological polar surface area (TPSA) is 30.5 Å². The Bertz CT molecular complexity index is 388. The minimum absolute atomic E-state index is 0.0684. The van der Waals surface area contributed by atoms with Gasteiger partial charge in [0.15, 0.2) is 11.6 Å². The van der Waals surface area contributed by atoms with Crippen molar-refractivity contribution in [2.24, 2.45) is 0 Å². The predicted molar refractivity (Wildman–Crippen MR) is 74.8 cm³/mol. The van der Waals surface area contributed by atoms with Crippen LogP contribution in [0, 0.1) is 11.6 Å². The van der Waals surface area contributed by atoms with Crippen molar-refractivity contribution in [3.63, 3.8) is 0 Å². The molecule has 0 aliphatic heterocycles. The zero-order valence-corrected chi connectivity index (χ0v) is 12.1. The van der Waals surface area contributed by atoms with E-state index in [-0.39, 0.29) is 6.04 Å². The van der Waals surface area contributed by atoms with E-state index in [1.165, 1.54) is 6.07 Å². The standard InChI is InChI=1S/C15H23F2NO2/c1-3-18-13(7-8-20-10-9-19-2)11-12-5-4-6-14(16)15(12)17/h4-6,13,18H,3,7-11H2,1-2H3. The quantitative estimate of drug-likeness (QED) is 0.671. The monoisotopic (exact) mass is 287 g/mol.